The number of pyridine rings is 1. The molecule has 0 fully saturated rings. The van der Waals surface area contributed by atoms with Gasteiger partial charge in [0.1, 0.15) is 5.65 Å². The third-order valence-electron chi connectivity index (χ3n) is 4.11. The zero-order valence-electron chi connectivity index (χ0n) is 11.7. The number of nitrogens with zero attached hydrogens (tertiary/aromatic N) is 2. The first-order valence-electron chi connectivity index (χ1n) is 7.23. The molecule has 2 nitrogen and oxygen atoms in total. The predicted molar refractivity (Wildman–Crippen MR) is 93.5 cm³/mol. The summed E-state index contributed by atoms with van der Waals surface area (Å²) in [5.41, 5.74) is 3.43. The predicted octanol–water partition coefficient (Wildman–Crippen LogP) is 5.37. The first-order valence-corrected chi connectivity index (χ1v) is 8.04. The summed E-state index contributed by atoms with van der Waals surface area (Å²) in [7, 11) is 0. The molecule has 0 atom stereocenters. The van der Waals surface area contributed by atoms with E-state index in [-0.39, 0.29) is 0 Å². The van der Waals surface area contributed by atoms with Gasteiger partial charge in [-0.1, -0.05) is 30.3 Å². The first kappa shape index (κ1) is 12.0. The zero-order chi connectivity index (χ0) is 14.5. The van der Waals surface area contributed by atoms with Gasteiger partial charge >= 0.3 is 0 Å². The maximum Gasteiger partial charge on any atom is 0.137 e. The lowest BCUT2D eigenvalue weighted by molar-refractivity contribution is 1.19. The van der Waals surface area contributed by atoms with Crippen molar-refractivity contribution in [2.45, 2.75) is 0 Å². The van der Waals surface area contributed by atoms with E-state index in [1.807, 2.05) is 28.1 Å². The Morgan fingerprint density at radius 1 is 0.773 bits per heavy atom. The van der Waals surface area contributed by atoms with Crippen molar-refractivity contribution in [2.75, 3.05) is 0 Å². The maximum absolute atomic E-state index is 4.37. The molecule has 0 spiro atoms. The number of benzene rings is 2. The van der Waals surface area contributed by atoms with Crippen LogP contribution in [0, 0.1) is 0 Å². The molecular weight excluding hydrogens is 288 g/mol. The Bertz CT molecular complexity index is 1130. The van der Waals surface area contributed by atoms with Crippen molar-refractivity contribution in [1.82, 2.24) is 9.38 Å². The van der Waals surface area contributed by atoms with Crippen molar-refractivity contribution in [3.05, 3.63) is 73.2 Å². The second-order valence-corrected chi connectivity index (χ2v) is 6.50. The average molecular weight is 300 g/mol. The van der Waals surface area contributed by atoms with Crippen LogP contribution in [0.4, 0.5) is 0 Å². The number of aromatic nitrogens is 2. The lowest BCUT2D eigenvalue weighted by Gasteiger charge is -2.03. The molecule has 0 aliphatic heterocycles. The van der Waals surface area contributed by atoms with Crippen molar-refractivity contribution >= 4 is 37.2 Å². The molecule has 3 heterocycles. The van der Waals surface area contributed by atoms with Gasteiger partial charge in [0.05, 0.1) is 0 Å². The molecule has 5 rings (SSSR count). The van der Waals surface area contributed by atoms with Crippen LogP contribution in [0.5, 0.6) is 0 Å². The number of imidazole rings is 1. The molecular formula is C19H12N2S. The van der Waals surface area contributed by atoms with Gasteiger partial charge in [-0.25, -0.2) is 4.98 Å². The topological polar surface area (TPSA) is 17.3 Å². The van der Waals surface area contributed by atoms with Crippen LogP contribution in [-0.2, 0) is 0 Å². The monoisotopic (exact) mass is 300 g/mol. The minimum Gasteiger partial charge on any atom is -0.307 e. The fraction of sp³-hybridized carbons (Fsp3) is 0. The van der Waals surface area contributed by atoms with Gasteiger partial charge in [0.2, 0.25) is 0 Å². The Balaban J connectivity index is 1.75. The van der Waals surface area contributed by atoms with E-state index in [1.165, 1.54) is 31.3 Å². The van der Waals surface area contributed by atoms with E-state index in [1.54, 1.807) is 0 Å². The van der Waals surface area contributed by atoms with Gasteiger partial charge in [-0.15, -0.1) is 11.3 Å². The Kier molecular flexibility index (Phi) is 2.40. The lowest BCUT2D eigenvalue weighted by atomic mass is 10.0. The number of fused-ring (bicyclic) bond motifs is 4. The number of rotatable bonds is 1. The van der Waals surface area contributed by atoms with Gasteiger partial charge in [0.25, 0.3) is 0 Å². The van der Waals surface area contributed by atoms with Crippen LogP contribution < -0.4 is 0 Å². The summed E-state index contributed by atoms with van der Waals surface area (Å²) in [5, 5.41) is 2.68. The summed E-state index contributed by atoms with van der Waals surface area (Å²) < 4.78 is 4.71. The van der Waals surface area contributed by atoms with Crippen LogP contribution in [-0.4, -0.2) is 9.38 Å². The van der Waals surface area contributed by atoms with Crippen molar-refractivity contribution in [2.24, 2.45) is 0 Å². The van der Waals surface area contributed by atoms with Gasteiger partial charge in [0.15, 0.2) is 0 Å². The Morgan fingerprint density at radius 3 is 2.64 bits per heavy atom. The summed E-state index contributed by atoms with van der Waals surface area (Å²) in [5.74, 6) is 0. The van der Waals surface area contributed by atoms with E-state index in [4.69, 9.17) is 0 Å². The molecule has 22 heavy (non-hydrogen) atoms. The smallest absolute Gasteiger partial charge is 0.137 e. The second-order valence-electron chi connectivity index (χ2n) is 5.42. The minimum absolute atomic E-state index is 0.980. The summed E-state index contributed by atoms with van der Waals surface area (Å²) in [6.07, 6.45) is 5.86. The molecule has 0 radical (unpaired) electrons. The molecule has 0 saturated heterocycles. The molecule has 0 aliphatic rings. The second kappa shape index (κ2) is 4.42. The molecule has 0 saturated carbocycles. The summed E-state index contributed by atoms with van der Waals surface area (Å²) >= 11 is 1.85. The largest absolute Gasteiger partial charge is 0.307 e. The van der Waals surface area contributed by atoms with E-state index < -0.39 is 0 Å². The molecule has 3 heteroatoms. The SMILES string of the molecule is c1ccc2c(c1)sc1cc(-c3ccn4ccnc4c3)ccc12. The van der Waals surface area contributed by atoms with E-state index in [2.05, 4.69) is 65.8 Å². The quantitative estimate of drug-likeness (QED) is 0.407. The summed E-state index contributed by atoms with van der Waals surface area (Å²) in [6.45, 7) is 0. The van der Waals surface area contributed by atoms with Crippen molar-refractivity contribution in [3.8, 4) is 11.1 Å². The highest BCUT2D eigenvalue weighted by Gasteiger charge is 2.07. The van der Waals surface area contributed by atoms with Crippen LogP contribution >= 0.6 is 11.3 Å². The molecule has 3 aromatic heterocycles. The highest BCUT2D eigenvalue weighted by atomic mass is 32.1. The molecule has 0 amide bonds. The van der Waals surface area contributed by atoms with Gasteiger partial charge < -0.3 is 4.40 Å². The first-order chi connectivity index (χ1) is 10.9. The summed E-state index contributed by atoms with van der Waals surface area (Å²) in [6, 6.07) is 19.6. The van der Waals surface area contributed by atoms with Crippen molar-refractivity contribution < 1.29 is 0 Å². The maximum atomic E-state index is 4.37. The molecule has 5 aromatic rings. The van der Waals surface area contributed by atoms with Crippen LogP contribution in [0.15, 0.2) is 73.2 Å². The fourth-order valence-corrected chi connectivity index (χ4v) is 4.14. The van der Waals surface area contributed by atoms with Crippen molar-refractivity contribution in [3.63, 3.8) is 0 Å². The third kappa shape index (κ3) is 1.69. The third-order valence-corrected chi connectivity index (χ3v) is 5.24. The van der Waals surface area contributed by atoms with Crippen LogP contribution in [0.2, 0.25) is 0 Å². The van der Waals surface area contributed by atoms with E-state index >= 15 is 0 Å². The molecule has 2 aromatic carbocycles. The molecule has 0 bridgehead atoms. The Hall–Kier alpha value is -2.65. The lowest BCUT2D eigenvalue weighted by Crippen LogP contribution is -1.84. The highest BCUT2D eigenvalue weighted by molar-refractivity contribution is 7.25. The Labute approximate surface area is 131 Å². The van der Waals surface area contributed by atoms with Crippen LogP contribution in [0.1, 0.15) is 0 Å². The standard InChI is InChI=1S/C19H12N2S/c1-2-4-17-15(3-1)16-6-5-13(11-18(16)22-17)14-7-9-21-10-8-20-19(21)12-14/h1-12H. The van der Waals surface area contributed by atoms with E-state index in [0.717, 1.165) is 5.65 Å². The summed E-state index contributed by atoms with van der Waals surface area (Å²) in [4.78, 5) is 4.37. The van der Waals surface area contributed by atoms with Gasteiger partial charge in [0, 0.05) is 38.8 Å². The minimum atomic E-state index is 0.980. The van der Waals surface area contributed by atoms with Gasteiger partial charge in [-0.3, -0.25) is 0 Å². The average Bonchev–Trinajstić information content (AvgIpc) is 3.17. The molecule has 104 valence electrons. The normalized spacial score (nSPS) is 11.6. The molecule has 0 N–H and O–H groups in total. The van der Waals surface area contributed by atoms with Gasteiger partial charge in [-0.2, -0.15) is 0 Å². The van der Waals surface area contributed by atoms with Crippen LogP contribution in [0.3, 0.4) is 0 Å². The van der Waals surface area contributed by atoms with E-state index in [0.29, 0.717) is 0 Å². The van der Waals surface area contributed by atoms with E-state index in [9.17, 15) is 0 Å². The number of hydrogen-bond donors (Lipinski definition) is 0. The Morgan fingerprint density at radius 2 is 1.64 bits per heavy atom. The van der Waals surface area contributed by atoms with Crippen LogP contribution in [0.25, 0.3) is 36.9 Å². The number of thiophene rings is 1. The van der Waals surface area contributed by atoms with Crippen molar-refractivity contribution in [1.29, 1.82) is 0 Å². The molecule has 0 unspecified atom stereocenters. The zero-order valence-corrected chi connectivity index (χ0v) is 12.5. The molecule has 0 aliphatic carbocycles. The number of hydrogen-bond acceptors (Lipinski definition) is 2. The highest BCUT2D eigenvalue weighted by Crippen LogP contribution is 2.36. The van der Waals surface area contributed by atoms with Gasteiger partial charge in [-0.05, 0) is 35.4 Å². The fourth-order valence-electron chi connectivity index (χ4n) is 3.00.